The molecule has 7 heteroatoms. The van der Waals surface area contributed by atoms with E-state index in [1.807, 2.05) is 24.3 Å². The van der Waals surface area contributed by atoms with Gasteiger partial charge in [-0.3, -0.25) is 14.6 Å². The van der Waals surface area contributed by atoms with E-state index in [9.17, 15) is 14.4 Å². The molecule has 1 aromatic heterocycles. The maximum absolute atomic E-state index is 12.3. The summed E-state index contributed by atoms with van der Waals surface area (Å²) in [7, 11) is 0. The van der Waals surface area contributed by atoms with Gasteiger partial charge in [0.05, 0.1) is 29.5 Å². The van der Waals surface area contributed by atoms with Gasteiger partial charge in [0.25, 0.3) is 0 Å². The van der Waals surface area contributed by atoms with Crippen LogP contribution < -0.4 is 5.32 Å². The van der Waals surface area contributed by atoms with Crippen molar-refractivity contribution in [2.24, 2.45) is 0 Å². The van der Waals surface area contributed by atoms with Gasteiger partial charge in [0.1, 0.15) is 0 Å². The average molecular weight is 375 g/mol. The van der Waals surface area contributed by atoms with Crippen LogP contribution in [0.1, 0.15) is 23.0 Å². The summed E-state index contributed by atoms with van der Waals surface area (Å²) in [5.74, 6) is -2.05. The number of hydrogen-bond donors (Lipinski definition) is 1. The maximum Gasteiger partial charge on any atom is 0.397 e. The Hall–Kier alpha value is -3.87. The molecule has 0 aliphatic rings. The third kappa shape index (κ3) is 4.64. The van der Waals surface area contributed by atoms with Crippen LogP contribution in [0.2, 0.25) is 0 Å². The van der Waals surface area contributed by atoms with Gasteiger partial charge in [-0.05, 0) is 55.5 Å². The Morgan fingerprint density at radius 2 is 1.75 bits per heavy atom. The summed E-state index contributed by atoms with van der Waals surface area (Å²) in [6.45, 7) is 1.73. The van der Waals surface area contributed by atoms with Crippen molar-refractivity contribution in [3.63, 3.8) is 0 Å². The molecule has 0 saturated heterocycles. The Morgan fingerprint density at radius 1 is 1.04 bits per heavy atom. The molecule has 2 aromatic carbocycles. The number of ether oxygens (including phenoxy) is 1. The number of esters is 1. The van der Waals surface area contributed by atoms with Crippen LogP contribution in [0.5, 0.6) is 0 Å². The lowest BCUT2D eigenvalue weighted by atomic mass is 10.1. The molecular weight excluding hydrogens is 358 g/mol. The summed E-state index contributed by atoms with van der Waals surface area (Å²) in [5, 5.41) is 2.41. The summed E-state index contributed by atoms with van der Waals surface area (Å²) in [5.41, 5.74) is 2.92. The number of nitrogens with zero attached hydrogens (tertiary/aromatic N) is 2. The van der Waals surface area contributed by atoms with E-state index in [1.165, 1.54) is 18.2 Å². The monoisotopic (exact) mass is 375 g/mol. The minimum atomic E-state index is -0.956. The number of fused-ring (bicyclic) bond motifs is 1. The Labute approximate surface area is 161 Å². The van der Waals surface area contributed by atoms with Crippen LogP contribution in [0, 0.1) is 0 Å². The van der Waals surface area contributed by atoms with E-state index >= 15 is 0 Å². The van der Waals surface area contributed by atoms with E-state index in [0.717, 1.165) is 11.0 Å². The number of allylic oxidation sites excluding steroid dienone is 1. The molecule has 0 atom stereocenters. The lowest BCUT2D eigenvalue weighted by molar-refractivity contribution is -0.152. The fraction of sp³-hybridized carbons (Fsp3) is 0.0952. The molecule has 0 unspecified atom stereocenters. The number of hydrogen-bond acceptors (Lipinski definition) is 6. The van der Waals surface area contributed by atoms with Gasteiger partial charge in [-0.15, -0.1) is 0 Å². The molecule has 0 spiro atoms. The van der Waals surface area contributed by atoms with Crippen LogP contribution in [0.15, 0.2) is 60.8 Å². The first kappa shape index (κ1) is 18.9. The Morgan fingerprint density at radius 3 is 2.46 bits per heavy atom. The van der Waals surface area contributed by atoms with E-state index in [0.29, 0.717) is 16.9 Å². The minimum Gasteiger partial charge on any atom is -0.459 e. The molecule has 1 N–H and O–H groups in total. The molecular formula is C21H17N3O4. The topological polar surface area (TPSA) is 98.2 Å². The second-order valence-corrected chi connectivity index (χ2v) is 5.73. The number of para-hydroxylation sites is 2. The molecule has 3 aromatic rings. The predicted molar refractivity (Wildman–Crippen MR) is 105 cm³/mol. The molecule has 28 heavy (non-hydrogen) atoms. The fourth-order valence-corrected chi connectivity index (χ4v) is 2.41. The fourth-order valence-electron chi connectivity index (χ4n) is 2.41. The number of amides is 1. The Bertz CT molecular complexity index is 1060. The SMILES string of the molecule is CCOC(=O)C(=O)Nc1ccc(C(=O)/C=C/c2cnc3ccccc3n2)cc1. The van der Waals surface area contributed by atoms with Crippen LogP contribution >= 0.6 is 0 Å². The van der Waals surface area contributed by atoms with Crippen molar-refractivity contribution < 1.29 is 19.1 Å². The highest BCUT2D eigenvalue weighted by Crippen LogP contribution is 2.12. The molecule has 140 valence electrons. The number of benzene rings is 2. The first-order valence-electron chi connectivity index (χ1n) is 8.59. The van der Waals surface area contributed by atoms with Gasteiger partial charge < -0.3 is 10.1 Å². The van der Waals surface area contributed by atoms with Gasteiger partial charge in [-0.25, -0.2) is 9.78 Å². The highest BCUT2D eigenvalue weighted by atomic mass is 16.5. The van der Waals surface area contributed by atoms with Crippen molar-refractivity contribution in [3.8, 4) is 0 Å². The van der Waals surface area contributed by atoms with Crippen LogP contribution in [0.3, 0.4) is 0 Å². The van der Waals surface area contributed by atoms with E-state index in [-0.39, 0.29) is 12.4 Å². The molecule has 0 aliphatic carbocycles. The van der Waals surface area contributed by atoms with Gasteiger partial charge in [-0.1, -0.05) is 12.1 Å². The zero-order valence-electron chi connectivity index (χ0n) is 15.1. The standard InChI is InChI=1S/C21H17N3O4/c1-2-28-21(27)20(26)24-15-9-7-14(8-10-15)19(25)12-11-16-13-22-17-5-3-4-6-18(17)23-16/h3-13H,2H2,1H3,(H,24,26)/b12-11+. The predicted octanol–water partition coefficient (Wildman–Crippen LogP) is 3.03. The van der Waals surface area contributed by atoms with E-state index in [2.05, 4.69) is 20.0 Å². The average Bonchev–Trinajstić information content (AvgIpc) is 2.72. The van der Waals surface area contributed by atoms with Crippen LogP contribution in [-0.4, -0.2) is 34.2 Å². The lowest BCUT2D eigenvalue weighted by Crippen LogP contribution is -2.24. The Kier molecular flexibility index (Phi) is 5.86. The van der Waals surface area contributed by atoms with Crippen molar-refractivity contribution >= 4 is 40.5 Å². The van der Waals surface area contributed by atoms with Gasteiger partial charge in [0.2, 0.25) is 0 Å². The number of carbonyl (C=O) groups is 3. The van der Waals surface area contributed by atoms with E-state index in [1.54, 1.807) is 31.3 Å². The number of ketones is 1. The number of anilines is 1. The molecule has 0 radical (unpaired) electrons. The second-order valence-electron chi connectivity index (χ2n) is 5.73. The highest BCUT2D eigenvalue weighted by Gasteiger charge is 2.14. The van der Waals surface area contributed by atoms with Gasteiger partial charge in [0, 0.05) is 11.3 Å². The number of rotatable bonds is 5. The van der Waals surface area contributed by atoms with Crippen LogP contribution in [0.4, 0.5) is 5.69 Å². The molecule has 3 rings (SSSR count). The van der Waals surface area contributed by atoms with Crippen LogP contribution in [0.25, 0.3) is 17.1 Å². The first-order chi connectivity index (χ1) is 13.6. The third-order valence-corrected chi connectivity index (χ3v) is 3.76. The molecule has 7 nitrogen and oxygen atoms in total. The molecule has 0 aliphatic heterocycles. The molecule has 1 heterocycles. The third-order valence-electron chi connectivity index (χ3n) is 3.76. The van der Waals surface area contributed by atoms with E-state index in [4.69, 9.17) is 0 Å². The van der Waals surface area contributed by atoms with Crippen molar-refractivity contribution in [1.29, 1.82) is 0 Å². The normalized spacial score (nSPS) is 10.8. The lowest BCUT2D eigenvalue weighted by Gasteiger charge is -2.05. The summed E-state index contributed by atoms with van der Waals surface area (Å²) in [6, 6.07) is 13.7. The summed E-state index contributed by atoms with van der Waals surface area (Å²) < 4.78 is 4.61. The molecule has 0 fully saturated rings. The number of nitrogens with one attached hydrogen (secondary N) is 1. The quantitative estimate of drug-likeness (QED) is 0.319. The first-order valence-corrected chi connectivity index (χ1v) is 8.59. The molecule has 0 saturated carbocycles. The Balaban J connectivity index is 1.66. The largest absolute Gasteiger partial charge is 0.459 e. The van der Waals surface area contributed by atoms with Crippen molar-refractivity contribution in [1.82, 2.24) is 9.97 Å². The summed E-state index contributed by atoms with van der Waals surface area (Å²) in [6.07, 6.45) is 4.60. The van der Waals surface area contributed by atoms with E-state index < -0.39 is 11.9 Å². The van der Waals surface area contributed by atoms with Gasteiger partial charge in [0.15, 0.2) is 5.78 Å². The van der Waals surface area contributed by atoms with Crippen LogP contribution in [-0.2, 0) is 14.3 Å². The molecule has 1 amide bonds. The van der Waals surface area contributed by atoms with Gasteiger partial charge >= 0.3 is 11.9 Å². The minimum absolute atomic E-state index is 0.119. The number of aromatic nitrogens is 2. The zero-order chi connectivity index (χ0) is 19.9. The van der Waals surface area contributed by atoms with Crippen molar-refractivity contribution in [2.45, 2.75) is 6.92 Å². The highest BCUT2D eigenvalue weighted by molar-refractivity contribution is 6.37. The van der Waals surface area contributed by atoms with Crippen molar-refractivity contribution in [3.05, 3.63) is 72.1 Å². The number of carbonyl (C=O) groups excluding carboxylic acids is 3. The second kappa shape index (κ2) is 8.68. The smallest absolute Gasteiger partial charge is 0.397 e. The zero-order valence-corrected chi connectivity index (χ0v) is 15.1. The summed E-state index contributed by atoms with van der Waals surface area (Å²) >= 11 is 0. The summed E-state index contributed by atoms with van der Waals surface area (Å²) in [4.78, 5) is 43.9. The maximum atomic E-state index is 12.3. The van der Waals surface area contributed by atoms with Crippen molar-refractivity contribution in [2.75, 3.05) is 11.9 Å². The molecule has 0 bridgehead atoms. The van der Waals surface area contributed by atoms with Gasteiger partial charge in [-0.2, -0.15) is 0 Å².